The number of hydrogen-bond acceptors (Lipinski definition) is 5. The first-order valence-electron chi connectivity index (χ1n) is 9.64. The molecule has 0 saturated heterocycles. The van der Waals surface area contributed by atoms with Gasteiger partial charge in [-0.3, -0.25) is 9.59 Å². The fourth-order valence-electron chi connectivity index (χ4n) is 3.30. The molecule has 5 nitrogen and oxygen atoms in total. The molecule has 0 spiro atoms. The summed E-state index contributed by atoms with van der Waals surface area (Å²) in [5, 5.41) is 9.24. The molecule has 1 aliphatic rings. The van der Waals surface area contributed by atoms with Crippen molar-refractivity contribution in [1.82, 2.24) is 0 Å². The van der Waals surface area contributed by atoms with E-state index in [4.69, 9.17) is 4.74 Å². The van der Waals surface area contributed by atoms with Crippen molar-refractivity contribution in [3.63, 3.8) is 0 Å². The van der Waals surface area contributed by atoms with Gasteiger partial charge in [0, 0.05) is 5.75 Å². The van der Waals surface area contributed by atoms with Gasteiger partial charge in [-0.2, -0.15) is 0 Å². The monoisotopic (exact) mass is 411 g/mol. The van der Waals surface area contributed by atoms with Crippen LogP contribution in [-0.2, 0) is 9.59 Å². The lowest BCUT2D eigenvalue weighted by Gasteiger charge is -2.16. The number of nitrogens with zero attached hydrogens (tertiary/aromatic N) is 1. The van der Waals surface area contributed by atoms with Gasteiger partial charge in [-0.1, -0.05) is 25.1 Å². The molecule has 2 aromatic carbocycles. The van der Waals surface area contributed by atoms with Crippen LogP contribution in [0, 0.1) is 13.8 Å². The predicted molar refractivity (Wildman–Crippen MR) is 117 cm³/mol. The normalized spacial score (nSPS) is 14.1. The van der Waals surface area contributed by atoms with Crippen LogP contribution in [0.4, 0.5) is 5.69 Å². The van der Waals surface area contributed by atoms with Crippen molar-refractivity contribution in [3.05, 3.63) is 64.1 Å². The third-order valence-corrected chi connectivity index (χ3v) is 5.51. The van der Waals surface area contributed by atoms with Gasteiger partial charge in [-0.15, -0.1) is 11.8 Å². The lowest BCUT2D eigenvalue weighted by atomic mass is 10.1. The first-order chi connectivity index (χ1) is 14.0. The molecule has 0 bridgehead atoms. The van der Waals surface area contributed by atoms with E-state index in [2.05, 4.69) is 0 Å². The summed E-state index contributed by atoms with van der Waals surface area (Å²) in [4.78, 5) is 28.1. The minimum absolute atomic E-state index is 0.0731. The first kappa shape index (κ1) is 21.1. The smallest absolute Gasteiger partial charge is 0.272 e. The zero-order valence-corrected chi connectivity index (χ0v) is 17.7. The van der Waals surface area contributed by atoms with Crippen LogP contribution in [0.15, 0.2) is 47.4 Å². The fraction of sp³-hybridized carbons (Fsp3) is 0.304. The van der Waals surface area contributed by atoms with E-state index in [-0.39, 0.29) is 18.4 Å². The van der Waals surface area contributed by atoms with Gasteiger partial charge in [0.25, 0.3) is 11.8 Å². The van der Waals surface area contributed by atoms with Crippen LogP contribution < -0.4 is 9.64 Å². The molecule has 2 aromatic rings. The molecule has 0 fully saturated rings. The molecular formula is C23H25NO4S. The zero-order valence-electron chi connectivity index (χ0n) is 16.9. The number of benzene rings is 2. The summed E-state index contributed by atoms with van der Waals surface area (Å²) < 4.78 is 5.61. The van der Waals surface area contributed by atoms with Crippen molar-refractivity contribution >= 4 is 34.8 Å². The van der Waals surface area contributed by atoms with Gasteiger partial charge in [0.15, 0.2) is 0 Å². The zero-order chi connectivity index (χ0) is 21.0. The van der Waals surface area contributed by atoms with E-state index in [1.165, 1.54) is 16.7 Å². The van der Waals surface area contributed by atoms with E-state index in [1.807, 2.05) is 51.1 Å². The molecule has 1 aliphatic heterocycles. The Morgan fingerprint density at radius 2 is 1.66 bits per heavy atom. The van der Waals surface area contributed by atoms with Crippen molar-refractivity contribution in [2.75, 3.05) is 23.9 Å². The van der Waals surface area contributed by atoms with Crippen molar-refractivity contribution in [1.29, 1.82) is 0 Å². The van der Waals surface area contributed by atoms with Gasteiger partial charge in [0.2, 0.25) is 0 Å². The molecule has 0 radical (unpaired) electrons. The van der Waals surface area contributed by atoms with Gasteiger partial charge < -0.3 is 9.84 Å². The number of carbonyl (C=O) groups is 2. The van der Waals surface area contributed by atoms with E-state index < -0.39 is 0 Å². The Hall–Kier alpha value is -2.57. The average molecular weight is 412 g/mol. The summed E-state index contributed by atoms with van der Waals surface area (Å²) in [5.74, 6) is 0.377. The van der Waals surface area contributed by atoms with Crippen LogP contribution in [0.2, 0.25) is 0 Å². The van der Waals surface area contributed by atoms with E-state index in [0.29, 0.717) is 34.1 Å². The number of amides is 2. The van der Waals surface area contributed by atoms with E-state index in [0.717, 1.165) is 23.3 Å². The number of ether oxygens (including phenoxy) is 1. The Morgan fingerprint density at radius 3 is 2.24 bits per heavy atom. The molecule has 0 aromatic heterocycles. The highest BCUT2D eigenvalue weighted by atomic mass is 32.2. The molecule has 0 saturated carbocycles. The van der Waals surface area contributed by atoms with Gasteiger partial charge in [0.05, 0.1) is 29.4 Å². The number of hydrogen-bond donors (Lipinski definition) is 1. The minimum Gasteiger partial charge on any atom is -0.494 e. The number of imide groups is 1. The van der Waals surface area contributed by atoms with Crippen molar-refractivity contribution < 1.29 is 19.4 Å². The molecule has 3 rings (SSSR count). The lowest BCUT2D eigenvalue weighted by Crippen LogP contribution is -2.31. The standard InChI is InChI=1S/C23H25NO4S/c1-4-10-28-19-7-5-17(6-8-19)20-21(29-11-9-25)23(27)24(22(20)26)18-13-15(2)12-16(3)14-18/h5-8,12-14,25H,4,9-11H2,1-3H3. The average Bonchev–Trinajstić information content (AvgIpc) is 2.94. The number of aryl methyl sites for hydroxylation is 2. The molecule has 0 aliphatic carbocycles. The van der Waals surface area contributed by atoms with Gasteiger partial charge >= 0.3 is 0 Å². The molecule has 0 unspecified atom stereocenters. The van der Waals surface area contributed by atoms with Crippen molar-refractivity contribution in [3.8, 4) is 5.75 Å². The molecule has 1 N–H and O–H groups in total. The van der Waals surface area contributed by atoms with E-state index in [9.17, 15) is 14.7 Å². The number of aliphatic hydroxyl groups is 1. The van der Waals surface area contributed by atoms with Crippen LogP contribution in [0.3, 0.4) is 0 Å². The Balaban J connectivity index is 2.00. The maximum atomic E-state index is 13.3. The Morgan fingerprint density at radius 1 is 1.00 bits per heavy atom. The number of rotatable bonds is 8. The topological polar surface area (TPSA) is 66.8 Å². The van der Waals surface area contributed by atoms with Gasteiger partial charge in [-0.25, -0.2) is 4.90 Å². The third-order valence-electron chi connectivity index (χ3n) is 4.46. The summed E-state index contributed by atoms with van der Waals surface area (Å²) in [6.45, 7) is 6.46. The number of carbonyl (C=O) groups excluding carboxylic acids is 2. The van der Waals surface area contributed by atoms with Crippen LogP contribution in [0.25, 0.3) is 5.57 Å². The second-order valence-electron chi connectivity index (χ2n) is 6.94. The summed E-state index contributed by atoms with van der Waals surface area (Å²) in [5.41, 5.74) is 3.57. The SMILES string of the molecule is CCCOc1ccc(C2=C(SCCO)C(=O)N(c3cc(C)cc(C)c3)C2=O)cc1. The first-order valence-corrected chi connectivity index (χ1v) is 10.6. The van der Waals surface area contributed by atoms with E-state index in [1.54, 1.807) is 12.1 Å². The molecule has 152 valence electrons. The number of anilines is 1. The second kappa shape index (κ2) is 9.29. The van der Waals surface area contributed by atoms with Crippen molar-refractivity contribution in [2.45, 2.75) is 27.2 Å². The maximum absolute atomic E-state index is 13.3. The fourth-order valence-corrected chi connectivity index (χ4v) is 4.16. The summed E-state index contributed by atoms with van der Waals surface area (Å²) in [7, 11) is 0. The minimum atomic E-state index is -0.347. The Bertz CT molecular complexity index is 930. The molecular weight excluding hydrogens is 386 g/mol. The van der Waals surface area contributed by atoms with Crippen LogP contribution in [0.5, 0.6) is 5.75 Å². The number of aliphatic hydroxyl groups excluding tert-OH is 1. The second-order valence-corrected chi connectivity index (χ2v) is 8.05. The van der Waals surface area contributed by atoms with Crippen LogP contribution in [-0.4, -0.2) is 35.9 Å². The van der Waals surface area contributed by atoms with Crippen LogP contribution >= 0.6 is 11.8 Å². The summed E-state index contributed by atoms with van der Waals surface area (Å²) >= 11 is 1.21. The van der Waals surface area contributed by atoms with Gasteiger partial charge in [0.1, 0.15) is 5.75 Å². The predicted octanol–water partition coefficient (Wildman–Crippen LogP) is 4.10. The Labute approximate surface area is 175 Å². The molecule has 6 heteroatoms. The van der Waals surface area contributed by atoms with Gasteiger partial charge in [-0.05, 0) is 61.2 Å². The van der Waals surface area contributed by atoms with E-state index >= 15 is 0 Å². The highest BCUT2D eigenvalue weighted by molar-refractivity contribution is 8.04. The highest BCUT2D eigenvalue weighted by Gasteiger charge is 2.40. The molecule has 29 heavy (non-hydrogen) atoms. The highest BCUT2D eigenvalue weighted by Crippen LogP contribution is 2.39. The third kappa shape index (κ3) is 4.54. The Kier molecular flexibility index (Phi) is 6.77. The van der Waals surface area contributed by atoms with Crippen LogP contribution in [0.1, 0.15) is 30.0 Å². The molecule has 1 heterocycles. The largest absolute Gasteiger partial charge is 0.494 e. The molecule has 0 atom stereocenters. The lowest BCUT2D eigenvalue weighted by molar-refractivity contribution is -0.119. The summed E-state index contributed by atoms with van der Waals surface area (Å²) in [6, 6.07) is 12.9. The maximum Gasteiger partial charge on any atom is 0.272 e. The molecule has 2 amide bonds. The van der Waals surface area contributed by atoms with Crippen molar-refractivity contribution in [2.24, 2.45) is 0 Å². The summed E-state index contributed by atoms with van der Waals surface area (Å²) in [6.07, 6.45) is 0.909. The number of thioether (sulfide) groups is 1. The quantitative estimate of drug-likeness (QED) is 0.663.